The molecule has 3 aromatic rings. The fourth-order valence-corrected chi connectivity index (χ4v) is 2.65. The van der Waals surface area contributed by atoms with Crippen molar-refractivity contribution in [1.82, 2.24) is 15.0 Å². The number of H-pyrrole nitrogens is 1. The summed E-state index contributed by atoms with van der Waals surface area (Å²) in [6.45, 7) is 1.75. The Kier molecular flexibility index (Phi) is 4.73. The van der Waals surface area contributed by atoms with Crippen LogP contribution in [0.5, 0.6) is 5.88 Å². The smallest absolute Gasteiger partial charge is 0.253 e. The van der Waals surface area contributed by atoms with Crippen LogP contribution >= 0.6 is 11.6 Å². The summed E-state index contributed by atoms with van der Waals surface area (Å²) < 4.78 is 18.6. The Bertz CT molecular complexity index is 1090. The predicted molar refractivity (Wildman–Crippen MR) is 94.9 cm³/mol. The van der Waals surface area contributed by atoms with Crippen LogP contribution in [0.4, 0.5) is 10.3 Å². The molecule has 7 nitrogen and oxygen atoms in total. The second kappa shape index (κ2) is 6.98. The number of hydrogen-bond donors (Lipinski definition) is 2. The number of nitrogens with zero attached hydrogens (tertiary/aromatic N) is 3. The number of nitrogens with one attached hydrogen (secondary N) is 2. The number of rotatable bonds is 4. The lowest BCUT2D eigenvalue weighted by Crippen LogP contribution is -2.20. The quantitative estimate of drug-likeness (QED) is 0.728. The molecule has 26 heavy (non-hydrogen) atoms. The van der Waals surface area contributed by atoms with E-state index in [1.54, 1.807) is 13.0 Å². The molecule has 1 atom stereocenters. The van der Waals surface area contributed by atoms with Crippen molar-refractivity contribution in [1.29, 1.82) is 5.26 Å². The van der Waals surface area contributed by atoms with Gasteiger partial charge >= 0.3 is 0 Å². The number of methoxy groups -OCH3 is 1. The lowest BCUT2D eigenvalue weighted by Gasteiger charge is -2.15. The third-order valence-corrected chi connectivity index (χ3v) is 4.08. The van der Waals surface area contributed by atoms with Crippen molar-refractivity contribution in [3.05, 3.63) is 56.7 Å². The van der Waals surface area contributed by atoms with Gasteiger partial charge in [0.15, 0.2) is 0 Å². The van der Waals surface area contributed by atoms with Crippen LogP contribution in [-0.4, -0.2) is 22.1 Å². The fourth-order valence-electron chi connectivity index (χ4n) is 2.48. The van der Waals surface area contributed by atoms with Crippen LogP contribution in [0.3, 0.4) is 0 Å². The summed E-state index contributed by atoms with van der Waals surface area (Å²) in [5.74, 6) is -0.274. The average molecular weight is 374 g/mol. The van der Waals surface area contributed by atoms with Crippen LogP contribution < -0.4 is 15.6 Å². The topological polar surface area (TPSA) is 104 Å². The van der Waals surface area contributed by atoms with E-state index >= 15 is 0 Å². The molecule has 0 radical (unpaired) electrons. The summed E-state index contributed by atoms with van der Waals surface area (Å²) in [5, 5.41) is 12.5. The van der Waals surface area contributed by atoms with Gasteiger partial charge in [-0.15, -0.1) is 0 Å². The monoisotopic (exact) mass is 373 g/mol. The Labute approximate surface area is 152 Å². The highest BCUT2D eigenvalue weighted by Crippen LogP contribution is 2.24. The van der Waals surface area contributed by atoms with Crippen molar-refractivity contribution in [2.24, 2.45) is 0 Å². The zero-order chi connectivity index (χ0) is 18.8. The minimum absolute atomic E-state index is 0.0312. The van der Waals surface area contributed by atoms with Crippen molar-refractivity contribution in [3.63, 3.8) is 0 Å². The zero-order valence-corrected chi connectivity index (χ0v) is 14.6. The molecule has 9 heteroatoms. The summed E-state index contributed by atoms with van der Waals surface area (Å²) in [6.07, 6.45) is 1.33. The molecular weight excluding hydrogens is 361 g/mol. The summed E-state index contributed by atoms with van der Waals surface area (Å²) in [4.78, 5) is 23.1. The van der Waals surface area contributed by atoms with Crippen molar-refractivity contribution < 1.29 is 9.13 Å². The van der Waals surface area contributed by atoms with Crippen LogP contribution in [0.15, 0.2) is 29.2 Å². The molecule has 0 aliphatic carbocycles. The Morgan fingerprint density at radius 2 is 2.19 bits per heavy atom. The number of pyridine rings is 1. The lowest BCUT2D eigenvalue weighted by molar-refractivity contribution is 0.396. The molecule has 0 bridgehead atoms. The van der Waals surface area contributed by atoms with Gasteiger partial charge in [-0.3, -0.25) is 4.79 Å². The first-order valence-corrected chi connectivity index (χ1v) is 7.90. The fraction of sp³-hybridized carbons (Fsp3) is 0.176. The number of fused-ring (bicyclic) bond motifs is 1. The molecular formula is C17H13ClFN5O2. The highest BCUT2D eigenvalue weighted by molar-refractivity contribution is 6.31. The minimum Gasteiger partial charge on any atom is -0.480 e. The maximum Gasteiger partial charge on any atom is 0.253 e. The highest BCUT2D eigenvalue weighted by atomic mass is 35.5. The zero-order valence-electron chi connectivity index (χ0n) is 13.8. The van der Waals surface area contributed by atoms with Gasteiger partial charge < -0.3 is 15.0 Å². The number of hydrogen-bond acceptors (Lipinski definition) is 6. The van der Waals surface area contributed by atoms with Crippen molar-refractivity contribution >= 4 is 28.5 Å². The van der Waals surface area contributed by atoms with Crippen LogP contribution in [0.1, 0.15) is 24.1 Å². The largest absolute Gasteiger partial charge is 0.480 e. The molecule has 0 fully saturated rings. The second-order valence-electron chi connectivity index (χ2n) is 5.50. The summed E-state index contributed by atoms with van der Waals surface area (Å²) in [5.41, 5.74) is 0.571. The van der Waals surface area contributed by atoms with Gasteiger partial charge in [0.25, 0.3) is 5.56 Å². The van der Waals surface area contributed by atoms with Gasteiger partial charge in [0, 0.05) is 10.9 Å². The number of halogens is 2. The van der Waals surface area contributed by atoms with Gasteiger partial charge in [-0.2, -0.15) is 10.2 Å². The summed E-state index contributed by atoms with van der Waals surface area (Å²) in [6, 6.07) is 5.70. The molecule has 132 valence electrons. The molecule has 3 rings (SSSR count). The molecule has 2 heterocycles. The van der Waals surface area contributed by atoms with Crippen LogP contribution in [0.25, 0.3) is 10.9 Å². The van der Waals surface area contributed by atoms with Gasteiger partial charge in [-0.05, 0) is 25.1 Å². The van der Waals surface area contributed by atoms with E-state index in [4.69, 9.17) is 21.6 Å². The third kappa shape index (κ3) is 3.30. The van der Waals surface area contributed by atoms with Gasteiger partial charge in [-0.25, -0.2) is 9.37 Å². The summed E-state index contributed by atoms with van der Waals surface area (Å²) in [7, 11) is 1.40. The maximum absolute atomic E-state index is 13.5. The Hall–Kier alpha value is -3.18. The third-order valence-electron chi connectivity index (χ3n) is 3.79. The molecule has 2 aromatic heterocycles. The van der Waals surface area contributed by atoms with Gasteiger partial charge in [0.2, 0.25) is 11.8 Å². The molecule has 0 aliphatic rings. The first kappa shape index (κ1) is 17.6. The van der Waals surface area contributed by atoms with Crippen LogP contribution in [0, 0.1) is 17.1 Å². The van der Waals surface area contributed by atoms with E-state index in [2.05, 4.69) is 20.3 Å². The first-order chi connectivity index (χ1) is 12.4. The molecule has 1 unspecified atom stereocenters. The van der Waals surface area contributed by atoms with E-state index in [9.17, 15) is 9.18 Å². The van der Waals surface area contributed by atoms with Crippen molar-refractivity contribution in [3.8, 4) is 11.9 Å². The van der Waals surface area contributed by atoms with Crippen molar-refractivity contribution in [2.45, 2.75) is 13.0 Å². The number of ether oxygens (including phenoxy) is 1. The van der Waals surface area contributed by atoms with Crippen molar-refractivity contribution in [2.75, 3.05) is 12.4 Å². The Balaban J connectivity index is 1.96. The Morgan fingerprint density at radius 3 is 2.88 bits per heavy atom. The van der Waals surface area contributed by atoms with E-state index in [1.165, 1.54) is 25.4 Å². The number of anilines is 1. The standard InChI is InChI=1S/C17H13ClFN5O2/c1-8(22-17-21-7-10(6-20)16(24-17)26-2)11-3-9-4-12(18)13(19)5-14(9)23-15(11)25/h3-5,7-8H,1-2H3,(H,23,25)(H,21,22,24). The number of aromatic amines is 1. The maximum atomic E-state index is 13.5. The van der Waals surface area contributed by atoms with E-state index in [0.717, 1.165) is 0 Å². The van der Waals surface area contributed by atoms with Gasteiger partial charge in [0.1, 0.15) is 17.4 Å². The number of aromatic nitrogens is 3. The van der Waals surface area contributed by atoms with E-state index in [0.29, 0.717) is 16.5 Å². The molecule has 0 spiro atoms. The normalized spacial score (nSPS) is 11.8. The molecule has 1 aromatic carbocycles. The number of nitriles is 1. The molecule has 0 saturated carbocycles. The minimum atomic E-state index is -0.605. The van der Waals surface area contributed by atoms with Crippen LogP contribution in [-0.2, 0) is 0 Å². The SMILES string of the molecule is COc1nc(NC(C)c2cc3cc(Cl)c(F)cc3[nH]c2=O)ncc1C#N. The summed E-state index contributed by atoms with van der Waals surface area (Å²) >= 11 is 5.81. The van der Waals surface area contributed by atoms with Crippen LogP contribution in [0.2, 0.25) is 5.02 Å². The molecule has 0 amide bonds. The van der Waals surface area contributed by atoms with E-state index in [1.807, 2.05) is 6.07 Å². The highest BCUT2D eigenvalue weighted by Gasteiger charge is 2.15. The Morgan fingerprint density at radius 1 is 1.42 bits per heavy atom. The first-order valence-electron chi connectivity index (χ1n) is 7.52. The number of benzene rings is 1. The molecule has 0 saturated heterocycles. The van der Waals surface area contributed by atoms with E-state index < -0.39 is 11.9 Å². The lowest BCUT2D eigenvalue weighted by atomic mass is 10.1. The van der Waals surface area contributed by atoms with Gasteiger partial charge in [0.05, 0.1) is 29.9 Å². The second-order valence-corrected chi connectivity index (χ2v) is 5.91. The van der Waals surface area contributed by atoms with Gasteiger partial charge in [-0.1, -0.05) is 11.6 Å². The molecule has 0 aliphatic heterocycles. The van der Waals surface area contributed by atoms with E-state index in [-0.39, 0.29) is 28.0 Å². The molecule has 2 N–H and O–H groups in total. The average Bonchev–Trinajstić information content (AvgIpc) is 2.62. The predicted octanol–water partition coefficient (Wildman–Crippen LogP) is 3.16.